The van der Waals surface area contributed by atoms with Crippen LogP contribution in [-0.2, 0) is 0 Å². The highest BCUT2D eigenvalue weighted by Crippen LogP contribution is 2.21. The van der Waals surface area contributed by atoms with Crippen molar-refractivity contribution in [1.29, 1.82) is 0 Å². The first-order valence-electron chi connectivity index (χ1n) is 6.88. The average molecular weight is 290 g/mol. The van der Waals surface area contributed by atoms with Gasteiger partial charge in [-0.05, 0) is 45.0 Å². The molecule has 1 heterocycles. The molecular formula is C15H19FN4O. The summed E-state index contributed by atoms with van der Waals surface area (Å²) in [7, 11) is 0. The number of benzene rings is 1. The van der Waals surface area contributed by atoms with Gasteiger partial charge >= 0.3 is 0 Å². The molecule has 2 N–H and O–H groups in total. The maximum absolute atomic E-state index is 13.7. The average Bonchev–Trinajstić information content (AvgIpc) is 2.44. The Hall–Kier alpha value is -2.37. The van der Waals surface area contributed by atoms with E-state index < -0.39 is 5.82 Å². The highest BCUT2D eigenvalue weighted by atomic mass is 19.1. The molecule has 112 valence electrons. The van der Waals surface area contributed by atoms with E-state index in [1.165, 1.54) is 0 Å². The minimum Gasteiger partial charge on any atom is -0.491 e. The standard InChI is InChI=1S/C15H19FN4O/c1-4-17-15-18-9-13(16)14(20-15)19-11-5-7-12(8-6-11)21-10(2)3/h5-10H,4H2,1-3H3,(H2,17,18,19,20). The number of nitrogens with one attached hydrogen (secondary N) is 2. The highest BCUT2D eigenvalue weighted by Gasteiger charge is 2.07. The predicted molar refractivity (Wildman–Crippen MR) is 81.6 cm³/mol. The van der Waals surface area contributed by atoms with E-state index in [0.29, 0.717) is 12.5 Å². The first-order valence-corrected chi connectivity index (χ1v) is 6.88. The number of halogens is 1. The van der Waals surface area contributed by atoms with Crippen molar-refractivity contribution in [2.45, 2.75) is 26.9 Å². The summed E-state index contributed by atoms with van der Waals surface area (Å²) in [5.41, 5.74) is 0.728. The lowest BCUT2D eigenvalue weighted by molar-refractivity contribution is 0.242. The number of rotatable bonds is 6. The Bertz CT molecular complexity index is 587. The first-order chi connectivity index (χ1) is 10.1. The van der Waals surface area contributed by atoms with E-state index in [9.17, 15) is 4.39 Å². The topological polar surface area (TPSA) is 59.1 Å². The van der Waals surface area contributed by atoms with E-state index in [2.05, 4.69) is 20.6 Å². The van der Waals surface area contributed by atoms with Crippen LogP contribution in [-0.4, -0.2) is 22.6 Å². The van der Waals surface area contributed by atoms with Gasteiger partial charge in [0.1, 0.15) is 5.75 Å². The maximum Gasteiger partial charge on any atom is 0.224 e. The summed E-state index contributed by atoms with van der Waals surface area (Å²) < 4.78 is 19.3. The second-order valence-corrected chi connectivity index (χ2v) is 4.74. The minimum absolute atomic E-state index is 0.116. The van der Waals surface area contributed by atoms with Crippen molar-refractivity contribution in [3.63, 3.8) is 0 Å². The number of hydrogen-bond acceptors (Lipinski definition) is 5. The number of nitrogens with zero attached hydrogens (tertiary/aromatic N) is 2. The monoisotopic (exact) mass is 290 g/mol. The zero-order valence-corrected chi connectivity index (χ0v) is 12.4. The molecule has 0 amide bonds. The molecule has 5 nitrogen and oxygen atoms in total. The number of aromatic nitrogens is 2. The van der Waals surface area contributed by atoms with Crippen molar-refractivity contribution in [1.82, 2.24) is 9.97 Å². The Morgan fingerprint density at radius 1 is 1.24 bits per heavy atom. The molecule has 2 aromatic rings. The van der Waals surface area contributed by atoms with E-state index >= 15 is 0 Å². The number of ether oxygens (including phenoxy) is 1. The molecule has 0 aliphatic carbocycles. The van der Waals surface area contributed by atoms with Crippen molar-refractivity contribution in [3.8, 4) is 5.75 Å². The molecule has 0 unspecified atom stereocenters. The molecule has 2 rings (SSSR count). The van der Waals surface area contributed by atoms with Gasteiger partial charge in [-0.25, -0.2) is 9.37 Å². The Kier molecular flexibility index (Phi) is 4.92. The van der Waals surface area contributed by atoms with Gasteiger partial charge < -0.3 is 15.4 Å². The predicted octanol–water partition coefficient (Wildman–Crippen LogP) is 3.58. The first kappa shape index (κ1) is 15.0. The zero-order chi connectivity index (χ0) is 15.2. The van der Waals surface area contributed by atoms with Gasteiger partial charge in [-0.15, -0.1) is 0 Å². The molecule has 0 atom stereocenters. The smallest absolute Gasteiger partial charge is 0.224 e. The van der Waals surface area contributed by atoms with Crippen molar-refractivity contribution < 1.29 is 9.13 Å². The molecule has 6 heteroatoms. The van der Waals surface area contributed by atoms with Gasteiger partial charge in [-0.1, -0.05) is 0 Å². The third-order valence-electron chi connectivity index (χ3n) is 2.57. The lowest BCUT2D eigenvalue weighted by Crippen LogP contribution is -2.06. The van der Waals surface area contributed by atoms with Crippen LogP contribution in [0.4, 0.5) is 21.8 Å². The van der Waals surface area contributed by atoms with Crippen LogP contribution < -0.4 is 15.4 Å². The van der Waals surface area contributed by atoms with Crippen LogP contribution in [0, 0.1) is 5.82 Å². The summed E-state index contributed by atoms with van der Waals surface area (Å²) in [4.78, 5) is 7.95. The fraction of sp³-hybridized carbons (Fsp3) is 0.333. The lowest BCUT2D eigenvalue weighted by Gasteiger charge is -2.11. The summed E-state index contributed by atoms with van der Waals surface area (Å²) in [5, 5.41) is 5.87. The van der Waals surface area contributed by atoms with Crippen LogP contribution in [0.15, 0.2) is 30.5 Å². The Balaban J connectivity index is 2.12. The van der Waals surface area contributed by atoms with Gasteiger partial charge in [0, 0.05) is 12.2 Å². The van der Waals surface area contributed by atoms with Crippen LogP contribution in [0.2, 0.25) is 0 Å². The Morgan fingerprint density at radius 2 is 1.95 bits per heavy atom. The summed E-state index contributed by atoms with van der Waals surface area (Å²) >= 11 is 0. The minimum atomic E-state index is -0.501. The lowest BCUT2D eigenvalue weighted by atomic mass is 10.3. The van der Waals surface area contributed by atoms with E-state index in [0.717, 1.165) is 17.6 Å². The molecule has 0 spiro atoms. The molecule has 0 bridgehead atoms. The summed E-state index contributed by atoms with van der Waals surface area (Å²) in [5.74, 6) is 0.797. The van der Waals surface area contributed by atoms with Crippen LogP contribution >= 0.6 is 0 Å². The van der Waals surface area contributed by atoms with Crippen molar-refractivity contribution >= 4 is 17.5 Å². The van der Waals surface area contributed by atoms with Gasteiger partial charge in [-0.3, -0.25) is 0 Å². The number of hydrogen-bond donors (Lipinski definition) is 2. The highest BCUT2D eigenvalue weighted by molar-refractivity contribution is 5.58. The van der Waals surface area contributed by atoms with Gasteiger partial charge in [0.25, 0.3) is 0 Å². The second kappa shape index (κ2) is 6.88. The third kappa shape index (κ3) is 4.30. The molecule has 0 fully saturated rings. The number of anilines is 3. The molecule has 21 heavy (non-hydrogen) atoms. The molecule has 0 aliphatic rings. The van der Waals surface area contributed by atoms with Crippen LogP contribution in [0.3, 0.4) is 0 Å². The molecule has 0 saturated carbocycles. The maximum atomic E-state index is 13.7. The molecule has 0 aliphatic heterocycles. The molecule has 0 saturated heterocycles. The van der Waals surface area contributed by atoms with E-state index in [1.807, 2.05) is 45.0 Å². The van der Waals surface area contributed by atoms with E-state index in [-0.39, 0.29) is 11.9 Å². The molecule has 1 aromatic heterocycles. The summed E-state index contributed by atoms with van der Waals surface area (Å²) in [6, 6.07) is 7.28. The zero-order valence-electron chi connectivity index (χ0n) is 12.4. The van der Waals surface area contributed by atoms with Gasteiger partial charge in [-0.2, -0.15) is 4.98 Å². The Labute approximate surface area is 123 Å². The quantitative estimate of drug-likeness (QED) is 0.851. The Morgan fingerprint density at radius 3 is 2.57 bits per heavy atom. The van der Waals surface area contributed by atoms with Crippen molar-refractivity contribution in [3.05, 3.63) is 36.3 Å². The van der Waals surface area contributed by atoms with Crippen LogP contribution in [0.5, 0.6) is 5.75 Å². The second-order valence-electron chi connectivity index (χ2n) is 4.74. The summed E-state index contributed by atoms with van der Waals surface area (Å²) in [6.07, 6.45) is 1.26. The largest absolute Gasteiger partial charge is 0.491 e. The van der Waals surface area contributed by atoms with Gasteiger partial charge in [0.15, 0.2) is 11.6 Å². The normalized spacial score (nSPS) is 10.5. The fourth-order valence-electron chi connectivity index (χ4n) is 1.72. The summed E-state index contributed by atoms with van der Waals surface area (Å²) in [6.45, 7) is 6.52. The molecule has 0 radical (unpaired) electrons. The SMILES string of the molecule is CCNc1ncc(F)c(Nc2ccc(OC(C)C)cc2)n1. The molecular weight excluding hydrogens is 271 g/mol. The molecule has 1 aromatic carbocycles. The van der Waals surface area contributed by atoms with Crippen molar-refractivity contribution in [2.24, 2.45) is 0 Å². The van der Waals surface area contributed by atoms with E-state index in [4.69, 9.17) is 4.74 Å². The van der Waals surface area contributed by atoms with E-state index in [1.54, 1.807) is 0 Å². The van der Waals surface area contributed by atoms with Gasteiger partial charge in [0.2, 0.25) is 5.95 Å². The van der Waals surface area contributed by atoms with Gasteiger partial charge in [0.05, 0.1) is 12.3 Å². The van der Waals surface area contributed by atoms with Crippen molar-refractivity contribution in [2.75, 3.05) is 17.2 Å². The van der Waals surface area contributed by atoms with Crippen LogP contribution in [0.25, 0.3) is 0 Å². The third-order valence-corrected chi connectivity index (χ3v) is 2.57. The van der Waals surface area contributed by atoms with Crippen LogP contribution in [0.1, 0.15) is 20.8 Å². The fourth-order valence-corrected chi connectivity index (χ4v) is 1.72.